The Labute approximate surface area is 439 Å². The van der Waals surface area contributed by atoms with E-state index >= 15 is 0 Å². The molecule has 4 aromatic rings. The van der Waals surface area contributed by atoms with Crippen LogP contribution < -0.4 is 0 Å². The molecule has 0 aliphatic heterocycles. The summed E-state index contributed by atoms with van der Waals surface area (Å²) < 4.78 is 0. The van der Waals surface area contributed by atoms with Crippen molar-refractivity contribution in [3.05, 3.63) is 57.3 Å². The number of rotatable bonds is 47. The van der Waals surface area contributed by atoms with E-state index < -0.39 is 0 Å². The topological polar surface area (TPSA) is 0 Å². The summed E-state index contributed by atoms with van der Waals surface area (Å²) in [7, 11) is 0. The number of unbranched alkanes of at least 4 members (excludes halogenated alkanes) is 36. The molecular formula is C64H106S4. The minimum atomic E-state index is 1.23. The molecule has 0 saturated heterocycles. The highest BCUT2D eigenvalue weighted by Gasteiger charge is 2.21. The van der Waals surface area contributed by atoms with Crippen molar-refractivity contribution in [1.82, 2.24) is 0 Å². The standard InChI is InChI=1S/C64H106S4/c1-5-9-13-17-21-25-29-33-37-41-45-55-51-59(66-54-55)63-57(47-43-39-35-31-27-23-19-15-11-7-3)53-61(68-63)64-58(48-44-40-36-32-28-24-20-16-12-8-4)52-60(67-64)62-56(49-50-65-62)46-42-38-34-30-26-22-18-14-10-6-2/h49-54H,5-48H2,1-4H3. The summed E-state index contributed by atoms with van der Waals surface area (Å²) in [6.07, 6.45) is 61.2. The summed E-state index contributed by atoms with van der Waals surface area (Å²) in [6.45, 7) is 9.30. The molecule has 386 valence electrons. The maximum Gasteiger partial charge on any atom is 0.0481 e. The van der Waals surface area contributed by atoms with Gasteiger partial charge in [0.15, 0.2) is 0 Å². The molecule has 0 spiro atoms. The summed E-state index contributed by atoms with van der Waals surface area (Å²) in [6, 6.07) is 10.4. The molecule has 0 aliphatic rings. The van der Waals surface area contributed by atoms with E-state index in [1.165, 1.54) is 287 Å². The third kappa shape index (κ3) is 25.5. The second-order valence-corrected chi connectivity index (χ2v) is 25.2. The van der Waals surface area contributed by atoms with Crippen LogP contribution in [0.25, 0.3) is 29.3 Å². The summed E-state index contributed by atoms with van der Waals surface area (Å²) in [4.78, 5) is 9.39. The zero-order valence-corrected chi connectivity index (χ0v) is 48.5. The van der Waals surface area contributed by atoms with Crippen LogP contribution in [0.5, 0.6) is 0 Å². The number of hydrogen-bond donors (Lipinski definition) is 0. The van der Waals surface area contributed by atoms with Crippen molar-refractivity contribution in [3.8, 4) is 29.3 Å². The Morgan fingerprint density at radius 2 is 0.588 bits per heavy atom. The SMILES string of the molecule is CCCCCCCCCCCCc1csc(-c2sc(-c3sc(-c4sccc4CCCCCCCCCCCC)cc3CCCCCCCCCCCC)cc2CCCCCCCCCCCC)c1. The third-order valence-corrected chi connectivity index (χ3v) is 19.7. The highest BCUT2D eigenvalue weighted by atomic mass is 32.1. The van der Waals surface area contributed by atoms with Crippen LogP contribution in [0.4, 0.5) is 0 Å². The van der Waals surface area contributed by atoms with Crippen LogP contribution >= 0.6 is 45.3 Å². The van der Waals surface area contributed by atoms with Crippen molar-refractivity contribution < 1.29 is 0 Å². The lowest BCUT2D eigenvalue weighted by molar-refractivity contribution is 0.556. The summed E-state index contributed by atoms with van der Waals surface area (Å²) in [5.74, 6) is 0. The zero-order chi connectivity index (χ0) is 48.0. The highest BCUT2D eigenvalue weighted by Crippen LogP contribution is 2.48. The molecule has 4 rings (SSSR count). The first-order valence-corrected chi connectivity index (χ1v) is 33.5. The van der Waals surface area contributed by atoms with Crippen molar-refractivity contribution in [2.24, 2.45) is 0 Å². The minimum absolute atomic E-state index is 1.23. The Morgan fingerprint density at radius 3 is 0.971 bits per heavy atom. The minimum Gasteiger partial charge on any atom is -0.143 e. The van der Waals surface area contributed by atoms with E-state index in [1.807, 2.05) is 22.7 Å². The molecule has 0 aromatic carbocycles. The predicted molar refractivity (Wildman–Crippen MR) is 316 cm³/mol. The lowest BCUT2D eigenvalue weighted by atomic mass is 10.0. The number of thiophene rings is 4. The monoisotopic (exact) mass is 1000 g/mol. The van der Waals surface area contributed by atoms with Crippen molar-refractivity contribution in [1.29, 1.82) is 0 Å². The largest absolute Gasteiger partial charge is 0.143 e. The molecule has 4 heteroatoms. The molecule has 0 aliphatic carbocycles. The first-order valence-electron chi connectivity index (χ1n) is 30.1. The molecule has 0 amide bonds. The van der Waals surface area contributed by atoms with Crippen LogP contribution in [0.2, 0.25) is 0 Å². The van der Waals surface area contributed by atoms with E-state index in [-0.39, 0.29) is 0 Å². The molecule has 0 unspecified atom stereocenters. The molecule has 4 heterocycles. The predicted octanol–water partition coefficient (Wildman–Crippen LogP) is 24.8. The second-order valence-electron chi connectivity index (χ2n) is 21.3. The molecule has 0 atom stereocenters. The Bertz CT molecular complexity index is 1730. The summed E-state index contributed by atoms with van der Waals surface area (Å²) in [5, 5.41) is 4.90. The Morgan fingerprint density at radius 1 is 0.279 bits per heavy atom. The van der Waals surface area contributed by atoms with Crippen molar-refractivity contribution in [2.45, 2.75) is 310 Å². The van der Waals surface area contributed by atoms with E-state index in [0.29, 0.717) is 0 Å². The average molecular weight is 1000 g/mol. The zero-order valence-electron chi connectivity index (χ0n) is 45.2. The van der Waals surface area contributed by atoms with Crippen LogP contribution in [0.3, 0.4) is 0 Å². The lowest BCUT2D eigenvalue weighted by Crippen LogP contribution is -1.88. The number of aryl methyl sites for hydroxylation is 4. The number of hydrogen-bond acceptors (Lipinski definition) is 4. The van der Waals surface area contributed by atoms with Gasteiger partial charge in [-0.05, 0) is 109 Å². The van der Waals surface area contributed by atoms with Gasteiger partial charge in [0.2, 0.25) is 0 Å². The fourth-order valence-corrected chi connectivity index (χ4v) is 15.2. The Kier molecular flexibility index (Phi) is 35.2. The van der Waals surface area contributed by atoms with E-state index in [1.54, 1.807) is 46.6 Å². The van der Waals surface area contributed by atoms with E-state index in [9.17, 15) is 0 Å². The normalized spacial score (nSPS) is 11.8. The molecule has 4 aromatic heterocycles. The van der Waals surface area contributed by atoms with Gasteiger partial charge in [-0.1, -0.05) is 259 Å². The average Bonchev–Trinajstić information content (AvgIpc) is 4.19. The fourth-order valence-electron chi connectivity index (χ4n) is 10.5. The van der Waals surface area contributed by atoms with Crippen LogP contribution in [-0.2, 0) is 25.7 Å². The van der Waals surface area contributed by atoms with E-state index in [2.05, 4.69) is 85.4 Å². The van der Waals surface area contributed by atoms with E-state index in [4.69, 9.17) is 0 Å². The van der Waals surface area contributed by atoms with Crippen LogP contribution in [-0.4, -0.2) is 0 Å². The summed E-state index contributed by atoms with van der Waals surface area (Å²) >= 11 is 8.33. The van der Waals surface area contributed by atoms with Crippen molar-refractivity contribution in [3.63, 3.8) is 0 Å². The molecule has 0 saturated carbocycles. The first-order chi connectivity index (χ1) is 33.7. The third-order valence-electron chi connectivity index (χ3n) is 14.9. The maximum atomic E-state index is 2.69. The summed E-state index contributed by atoms with van der Waals surface area (Å²) in [5.41, 5.74) is 6.45. The lowest BCUT2D eigenvalue weighted by Gasteiger charge is -2.04. The first kappa shape index (κ1) is 59.4. The van der Waals surface area contributed by atoms with Crippen LogP contribution in [0, 0.1) is 0 Å². The molecule has 0 radical (unpaired) electrons. The molecule has 0 bridgehead atoms. The van der Waals surface area contributed by atoms with Gasteiger partial charge in [0, 0.05) is 29.3 Å². The Hall–Kier alpha value is -1.20. The van der Waals surface area contributed by atoms with Gasteiger partial charge in [-0.2, -0.15) is 0 Å². The van der Waals surface area contributed by atoms with Gasteiger partial charge in [0.1, 0.15) is 0 Å². The van der Waals surface area contributed by atoms with Gasteiger partial charge in [0.05, 0.1) is 0 Å². The molecule has 0 nitrogen and oxygen atoms in total. The van der Waals surface area contributed by atoms with Crippen molar-refractivity contribution in [2.75, 3.05) is 0 Å². The molecule has 0 fully saturated rings. The second kappa shape index (κ2) is 40.3. The van der Waals surface area contributed by atoms with Gasteiger partial charge in [-0.15, -0.1) is 45.3 Å². The van der Waals surface area contributed by atoms with Gasteiger partial charge < -0.3 is 0 Å². The van der Waals surface area contributed by atoms with E-state index in [0.717, 1.165) is 0 Å². The quantitative estimate of drug-likeness (QED) is 0.0387. The van der Waals surface area contributed by atoms with Gasteiger partial charge in [-0.3, -0.25) is 0 Å². The Balaban J connectivity index is 1.45. The molecule has 0 N–H and O–H groups in total. The maximum absolute atomic E-state index is 2.69. The molecule has 68 heavy (non-hydrogen) atoms. The van der Waals surface area contributed by atoms with Gasteiger partial charge in [0.25, 0.3) is 0 Å². The molecular weight excluding hydrogens is 897 g/mol. The van der Waals surface area contributed by atoms with Crippen molar-refractivity contribution >= 4 is 45.3 Å². The highest BCUT2D eigenvalue weighted by molar-refractivity contribution is 7.28. The fraction of sp³-hybridized carbons (Fsp3) is 0.750. The van der Waals surface area contributed by atoms with Crippen LogP contribution in [0.15, 0.2) is 35.0 Å². The van der Waals surface area contributed by atoms with Gasteiger partial charge in [-0.25, -0.2) is 0 Å². The van der Waals surface area contributed by atoms with Crippen LogP contribution in [0.1, 0.15) is 307 Å². The smallest absolute Gasteiger partial charge is 0.0481 e. The van der Waals surface area contributed by atoms with Gasteiger partial charge >= 0.3 is 0 Å².